The van der Waals surface area contributed by atoms with Crippen molar-refractivity contribution < 1.29 is 9.30 Å². The molecular formula is C16H16N3O2P. The molecule has 0 aromatic heterocycles. The zero-order valence-corrected chi connectivity index (χ0v) is 12.9. The Bertz CT molecular complexity index is 693. The largest absolute Gasteiger partial charge is 0.361 e. The summed E-state index contributed by atoms with van der Waals surface area (Å²) in [5, 5.41) is 5.17. The third-order valence-corrected chi connectivity index (χ3v) is 7.39. The van der Waals surface area contributed by atoms with Crippen LogP contribution < -0.4 is 10.6 Å². The van der Waals surface area contributed by atoms with Gasteiger partial charge in [0, 0.05) is 22.1 Å². The molecule has 1 fully saturated rings. The van der Waals surface area contributed by atoms with E-state index in [0.717, 1.165) is 6.42 Å². The number of nitrogens with zero attached hydrogens (tertiary/aromatic N) is 3. The lowest BCUT2D eigenvalue weighted by atomic mass is 10.3. The van der Waals surface area contributed by atoms with Crippen molar-refractivity contribution in [3.63, 3.8) is 0 Å². The van der Waals surface area contributed by atoms with Crippen LogP contribution in [0.15, 0.2) is 65.8 Å². The van der Waals surface area contributed by atoms with Gasteiger partial charge in [0.1, 0.15) is 0 Å². The van der Waals surface area contributed by atoms with Gasteiger partial charge in [0.25, 0.3) is 0 Å². The monoisotopic (exact) mass is 313 g/mol. The number of ether oxygens (including phenoxy) is 1. The van der Waals surface area contributed by atoms with Crippen LogP contribution in [-0.4, -0.2) is 12.1 Å². The average molecular weight is 313 g/mol. The van der Waals surface area contributed by atoms with Crippen LogP contribution in [0.25, 0.3) is 10.4 Å². The maximum atomic E-state index is 14.1. The van der Waals surface area contributed by atoms with Gasteiger partial charge in [-0.1, -0.05) is 65.8 Å². The molecule has 0 bridgehead atoms. The van der Waals surface area contributed by atoms with Crippen molar-refractivity contribution in [1.29, 1.82) is 0 Å². The van der Waals surface area contributed by atoms with Crippen molar-refractivity contribution in [2.24, 2.45) is 5.11 Å². The number of hydrogen-bond donors (Lipinski definition) is 0. The highest BCUT2D eigenvalue weighted by Crippen LogP contribution is 2.61. The summed E-state index contributed by atoms with van der Waals surface area (Å²) in [7, 11) is -3.26. The lowest BCUT2D eigenvalue weighted by Gasteiger charge is -2.33. The highest BCUT2D eigenvalue weighted by atomic mass is 31.2. The average Bonchev–Trinajstić information content (AvgIpc) is 3.06. The zero-order valence-electron chi connectivity index (χ0n) is 12.0. The van der Waals surface area contributed by atoms with Crippen molar-refractivity contribution in [2.75, 3.05) is 6.61 Å². The zero-order chi connectivity index (χ0) is 15.5. The SMILES string of the molecule is [N-]=[N+]=NC1(P(=O)(c2ccccc2)c2ccccc2)CCCO1. The minimum atomic E-state index is -3.26. The Balaban J connectivity index is 2.29. The second kappa shape index (κ2) is 5.98. The fraction of sp³-hybridized carbons (Fsp3) is 0.250. The Kier molecular flexibility index (Phi) is 4.04. The van der Waals surface area contributed by atoms with Crippen LogP contribution in [-0.2, 0) is 9.30 Å². The number of hydrogen-bond acceptors (Lipinski definition) is 3. The minimum Gasteiger partial charge on any atom is -0.361 e. The highest BCUT2D eigenvalue weighted by molar-refractivity contribution is 7.79. The van der Waals surface area contributed by atoms with Crippen molar-refractivity contribution in [3.8, 4) is 0 Å². The quantitative estimate of drug-likeness (QED) is 0.373. The first kappa shape index (κ1) is 14.9. The highest BCUT2D eigenvalue weighted by Gasteiger charge is 2.53. The molecule has 2 aromatic carbocycles. The maximum absolute atomic E-state index is 14.1. The van der Waals surface area contributed by atoms with E-state index < -0.39 is 12.6 Å². The molecule has 112 valence electrons. The summed E-state index contributed by atoms with van der Waals surface area (Å²) in [5.74, 6) is 0. The summed E-state index contributed by atoms with van der Waals surface area (Å²) in [6.45, 7) is 0.447. The molecule has 1 saturated heterocycles. The molecule has 0 aliphatic carbocycles. The lowest BCUT2D eigenvalue weighted by molar-refractivity contribution is 0.0786. The van der Waals surface area contributed by atoms with Gasteiger partial charge in [-0.2, -0.15) is 0 Å². The Morgan fingerprint density at radius 3 is 2.00 bits per heavy atom. The third-order valence-electron chi connectivity index (χ3n) is 3.91. The van der Waals surface area contributed by atoms with E-state index in [1.165, 1.54) is 0 Å². The Morgan fingerprint density at radius 1 is 1.05 bits per heavy atom. The van der Waals surface area contributed by atoms with Gasteiger partial charge in [-0.3, -0.25) is 0 Å². The van der Waals surface area contributed by atoms with Gasteiger partial charge in [-0.05, 0) is 18.4 Å². The maximum Gasteiger partial charge on any atom is 0.207 e. The van der Waals surface area contributed by atoms with Crippen LogP contribution in [0.1, 0.15) is 12.8 Å². The molecule has 1 aliphatic rings. The molecule has 22 heavy (non-hydrogen) atoms. The Hall–Kier alpha value is -2.06. The number of rotatable bonds is 4. The molecule has 1 heterocycles. The van der Waals surface area contributed by atoms with E-state index in [0.29, 0.717) is 23.6 Å². The predicted octanol–water partition coefficient (Wildman–Crippen LogP) is 3.78. The van der Waals surface area contributed by atoms with Crippen LogP contribution in [0.5, 0.6) is 0 Å². The summed E-state index contributed by atoms with van der Waals surface area (Å²) >= 11 is 0. The molecule has 6 heteroatoms. The Morgan fingerprint density at radius 2 is 1.59 bits per heavy atom. The van der Waals surface area contributed by atoms with E-state index in [1.807, 2.05) is 60.7 Å². The fourth-order valence-electron chi connectivity index (χ4n) is 2.90. The van der Waals surface area contributed by atoms with E-state index in [9.17, 15) is 4.57 Å². The normalized spacial score (nSPS) is 21.3. The van der Waals surface area contributed by atoms with Crippen molar-refractivity contribution in [3.05, 3.63) is 71.1 Å². The first-order chi connectivity index (χ1) is 10.7. The van der Waals surface area contributed by atoms with E-state index in [4.69, 9.17) is 10.3 Å². The fourth-order valence-corrected chi connectivity index (χ4v) is 6.10. The summed E-state index contributed by atoms with van der Waals surface area (Å²) in [5.41, 5.74) is 7.68. The molecule has 0 radical (unpaired) electrons. The van der Waals surface area contributed by atoms with Gasteiger partial charge in [0.05, 0.1) is 0 Å². The van der Waals surface area contributed by atoms with Gasteiger partial charge in [-0.25, -0.2) is 0 Å². The van der Waals surface area contributed by atoms with Gasteiger partial charge in [0.2, 0.25) is 5.47 Å². The molecule has 2 aromatic rings. The topological polar surface area (TPSA) is 75.1 Å². The molecule has 0 N–H and O–H groups in total. The standard InChI is InChI=1S/C16H16N3O2P/c17-19-18-16(12-7-13-21-16)22(20,14-8-3-1-4-9-14)15-10-5-2-6-11-15/h1-6,8-11H,7,12-13H2. The van der Waals surface area contributed by atoms with Crippen LogP contribution in [0.3, 0.4) is 0 Å². The molecule has 0 spiro atoms. The molecule has 0 saturated carbocycles. The van der Waals surface area contributed by atoms with E-state index in [2.05, 4.69) is 10.0 Å². The van der Waals surface area contributed by atoms with Crippen molar-refractivity contribution in [1.82, 2.24) is 0 Å². The summed E-state index contributed by atoms with van der Waals surface area (Å²) in [6, 6.07) is 18.3. The predicted molar refractivity (Wildman–Crippen MR) is 86.8 cm³/mol. The van der Waals surface area contributed by atoms with Crippen LogP contribution in [0.2, 0.25) is 0 Å². The van der Waals surface area contributed by atoms with Crippen LogP contribution >= 0.6 is 7.14 Å². The van der Waals surface area contributed by atoms with E-state index in [1.54, 1.807) is 0 Å². The number of azide groups is 1. The number of benzene rings is 2. The van der Waals surface area contributed by atoms with E-state index >= 15 is 0 Å². The van der Waals surface area contributed by atoms with Gasteiger partial charge >= 0.3 is 0 Å². The van der Waals surface area contributed by atoms with Crippen LogP contribution in [0, 0.1) is 0 Å². The summed E-state index contributed by atoms with van der Waals surface area (Å²) < 4.78 is 19.9. The Labute approximate surface area is 128 Å². The first-order valence-electron chi connectivity index (χ1n) is 7.14. The second-order valence-electron chi connectivity index (χ2n) is 5.16. The minimum absolute atomic E-state index is 0.447. The summed E-state index contributed by atoms with van der Waals surface area (Å²) in [6.07, 6.45) is 1.18. The smallest absolute Gasteiger partial charge is 0.207 e. The van der Waals surface area contributed by atoms with Gasteiger partial charge < -0.3 is 9.30 Å². The van der Waals surface area contributed by atoms with Crippen LogP contribution in [0.4, 0.5) is 0 Å². The molecule has 1 unspecified atom stereocenters. The van der Waals surface area contributed by atoms with Gasteiger partial charge in [-0.15, -0.1) is 0 Å². The molecule has 5 nitrogen and oxygen atoms in total. The van der Waals surface area contributed by atoms with Gasteiger partial charge in [0.15, 0.2) is 7.14 Å². The molecule has 1 aliphatic heterocycles. The van der Waals surface area contributed by atoms with Crippen molar-refractivity contribution in [2.45, 2.75) is 18.3 Å². The lowest BCUT2D eigenvalue weighted by Crippen LogP contribution is -2.35. The third kappa shape index (κ3) is 2.24. The molecule has 3 rings (SSSR count). The molecule has 0 amide bonds. The second-order valence-corrected chi connectivity index (χ2v) is 8.12. The molecule has 1 atom stereocenters. The molecular weight excluding hydrogens is 297 g/mol. The first-order valence-corrected chi connectivity index (χ1v) is 8.85. The van der Waals surface area contributed by atoms with E-state index in [-0.39, 0.29) is 0 Å². The van der Waals surface area contributed by atoms with Crippen molar-refractivity contribution >= 4 is 17.8 Å². The summed E-state index contributed by atoms with van der Waals surface area (Å²) in [4.78, 5) is 2.93.